The van der Waals surface area contributed by atoms with Gasteiger partial charge in [0, 0.05) is 18.7 Å². The Morgan fingerprint density at radius 1 is 1.12 bits per heavy atom. The molecule has 0 fully saturated rings. The SMILES string of the molecule is CCCCCCc1c(-c2ccc(O)c(CN(CC)CCO)c2)ssc1=S. The molecule has 0 aliphatic heterocycles. The number of phenols is 1. The molecule has 3 nitrogen and oxygen atoms in total. The van der Waals surface area contributed by atoms with Crippen molar-refractivity contribution in [3.05, 3.63) is 33.1 Å². The Labute approximate surface area is 169 Å². The van der Waals surface area contributed by atoms with Crippen molar-refractivity contribution >= 4 is 32.9 Å². The number of hydrogen-bond acceptors (Lipinski definition) is 6. The lowest BCUT2D eigenvalue weighted by atomic mass is 10.0. The molecule has 0 saturated heterocycles. The molecule has 144 valence electrons. The van der Waals surface area contributed by atoms with Gasteiger partial charge < -0.3 is 10.2 Å². The molecule has 2 rings (SSSR count). The number of benzene rings is 1. The highest BCUT2D eigenvalue weighted by atomic mass is 32.9. The van der Waals surface area contributed by atoms with Gasteiger partial charge in [-0.15, -0.1) is 0 Å². The molecule has 0 aliphatic rings. The molecule has 6 heteroatoms. The fourth-order valence-electron chi connectivity index (χ4n) is 3.02. The van der Waals surface area contributed by atoms with E-state index in [1.807, 2.05) is 6.07 Å². The second kappa shape index (κ2) is 11.1. The van der Waals surface area contributed by atoms with Gasteiger partial charge in [-0.3, -0.25) is 4.90 Å². The van der Waals surface area contributed by atoms with E-state index >= 15 is 0 Å². The molecule has 2 aromatic rings. The van der Waals surface area contributed by atoms with E-state index in [0.717, 1.165) is 27.9 Å². The number of aromatic hydroxyl groups is 1. The summed E-state index contributed by atoms with van der Waals surface area (Å²) in [6.07, 6.45) is 5.98. The Kier molecular flexibility index (Phi) is 9.22. The number of hydrogen-bond donors (Lipinski definition) is 2. The maximum absolute atomic E-state index is 10.3. The number of phenolic OH excluding ortho intramolecular Hbond substituents is 1. The van der Waals surface area contributed by atoms with Crippen molar-refractivity contribution in [2.75, 3.05) is 19.7 Å². The van der Waals surface area contributed by atoms with E-state index in [1.54, 1.807) is 26.7 Å². The predicted octanol–water partition coefficient (Wildman–Crippen LogP) is 5.85. The van der Waals surface area contributed by atoms with E-state index in [1.165, 1.54) is 36.1 Å². The van der Waals surface area contributed by atoms with Crippen LogP contribution in [0.5, 0.6) is 5.75 Å². The predicted molar refractivity (Wildman–Crippen MR) is 116 cm³/mol. The van der Waals surface area contributed by atoms with E-state index in [9.17, 15) is 10.2 Å². The van der Waals surface area contributed by atoms with Crippen molar-refractivity contribution in [2.45, 2.75) is 52.5 Å². The third kappa shape index (κ3) is 5.86. The van der Waals surface area contributed by atoms with Gasteiger partial charge in [-0.25, -0.2) is 0 Å². The van der Waals surface area contributed by atoms with Crippen molar-refractivity contribution < 1.29 is 10.2 Å². The highest BCUT2D eigenvalue weighted by Crippen LogP contribution is 2.37. The van der Waals surface area contributed by atoms with E-state index in [0.29, 0.717) is 18.8 Å². The lowest BCUT2D eigenvalue weighted by Crippen LogP contribution is -2.26. The van der Waals surface area contributed by atoms with Crippen molar-refractivity contribution in [1.29, 1.82) is 0 Å². The number of likely N-dealkylation sites (N-methyl/N-ethyl adjacent to an activating group) is 1. The van der Waals surface area contributed by atoms with Gasteiger partial charge in [0.2, 0.25) is 0 Å². The molecule has 2 N–H and O–H groups in total. The zero-order valence-electron chi connectivity index (χ0n) is 15.7. The van der Waals surface area contributed by atoms with Crippen LogP contribution in [0.25, 0.3) is 10.4 Å². The molecule has 0 radical (unpaired) electrons. The van der Waals surface area contributed by atoms with Crippen LogP contribution in [-0.2, 0) is 13.0 Å². The first-order valence-corrected chi connectivity index (χ1v) is 11.9. The molecule has 0 amide bonds. The van der Waals surface area contributed by atoms with E-state index in [-0.39, 0.29) is 6.61 Å². The third-order valence-corrected chi connectivity index (χ3v) is 7.79. The van der Waals surface area contributed by atoms with Crippen LogP contribution in [0, 0.1) is 3.82 Å². The standard InChI is InChI=1S/C20H29NO2S3/c1-3-5-6-7-8-17-19(25-26-20(17)24)15-9-10-18(23)16(13-15)14-21(4-2)11-12-22/h9-10,13,22-23H,3-8,11-12,14H2,1-2H3. The Bertz CT molecular complexity index is 739. The minimum atomic E-state index is 0.127. The molecular formula is C20H29NO2S3. The highest BCUT2D eigenvalue weighted by Gasteiger charge is 2.14. The van der Waals surface area contributed by atoms with Crippen LogP contribution in [0.15, 0.2) is 18.2 Å². The molecule has 0 atom stereocenters. The summed E-state index contributed by atoms with van der Waals surface area (Å²) in [5.41, 5.74) is 3.34. The maximum atomic E-state index is 10.3. The molecule has 0 saturated carbocycles. The number of nitrogens with zero attached hydrogens (tertiary/aromatic N) is 1. The minimum absolute atomic E-state index is 0.127. The van der Waals surface area contributed by atoms with Gasteiger partial charge in [-0.05, 0) is 48.7 Å². The average Bonchev–Trinajstić information content (AvgIpc) is 3.00. The van der Waals surface area contributed by atoms with Gasteiger partial charge in [-0.2, -0.15) is 0 Å². The van der Waals surface area contributed by atoms with Crippen molar-refractivity contribution in [3.8, 4) is 16.2 Å². The summed E-state index contributed by atoms with van der Waals surface area (Å²) in [7, 11) is 3.42. The molecular weight excluding hydrogens is 382 g/mol. The monoisotopic (exact) mass is 411 g/mol. The molecule has 0 unspecified atom stereocenters. The van der Waals surface area contributed by atoms with E-state index in [2.05, 4.69) is 24.8 Å². The van der Waals surface area contributed by atoms with Crippen LogP contribution < -0.4 is 0 Å². The summed E-state index contributed by atoms with van der Waals surface area (Å²) in [5, 5.41) is 19.5. The summed E-state index contributed by atoms with van der Waals surface area (Å²) in [6, 6.07) is 5.86. The molecule has 0 aliphatic carbocycles. The van der Waals surface area contributed by atoms with Crippen molar-refractivity contribution in [1.82, 2.24) is 4.90 Å². The van der Waals surface area contributed by atoms with Gasteiger partial charge in [0.05, 0.1) is 11.5 Å². The second-order valence-electron chi connectivity index (χ2n) is 6.51. The Morgan fingerprint density at radius 2 is 1.92 bits per heavy atom. The summed E-state index contributed by atoms with van der Waals surface area (Å²) in [5.74, 6) is 0.313. The number of rotatable bonds is 11. The highest BCUT2D eigenvalue weighted by molar-refractivity contribution is 7.80. The third-order valence-electron chi connectivity index (χ3n) is 4.60. The first-order chi connectivity index (χ1) is 12.6. The van der Waals surface area contributed by atoms with Gasteiger partial charge >= 0.3 is 0 Å². The fraction of sp³-hybridized carbons (Fsp3) is 0.550. The lowest BCUT2D eigenvalue weighted by molar-refractivity contribution is 0.195. The Balaban J connectivity index is 2.23. The Morgan fingerprint density at radius 3 is 2.62 bits per heavy atom. The summed E-state index contributed by atoms with van der Waals surface area (Å²) < 4.78 is 1.01. The van der Waals surface area contributed by atoms with Crippen LogP contribution in [0.4, 0.5) is 0 Å². The molecule has 0 spiro atoms. The molecule has 1 aromatic carbocycles. The van der Waals surface area contributed by atoms with Gasteiger partial charge in [0.25, 0.3) is 0 Å². The normalized spacial score (nSPS) is 11.4. The number of aliphatic hydroxyl groups excluding tert-OH is 1. The van der Waals surface area contributed by atoms with Crippen LogP contribution in [0.3, 0.4) is 0 Å². The molecule has 0 bridgehead atoms. The zero-order valence-corrected chi connectivity index (χ0v) is 18.1. The van der Waals surface area contributed by atoms with Crippen molar-refractivity contribution in [2.24, 2.45) is 0 Å². The maximum Gasteiger partial charge on any atom is 0.120 e. The second-order valence-corrected chi connectivity index (χ2v) is 9.32. The average molecular weight is 412 g/mol. The molecule has 26 heavy (non-hydrogen) atoms. The van der Waals surface area contributed by atoms with Crippen molar-refractivity contribution in [3.63, 3.8) is 0 Å². The van der Waals surface area contributed by atoms with Gasteiger partial charge in [-0.1, -0.05) is 66.0 Å². The van der Waals surface area contributed by atoms with E-state index < -0.39 is 0 Å². The van der Waals surface area contributed by atoms with Gasteiger partial charge in [0.15, 0.2) is 0 Å². The van der Waals surface area contributed by atoms with Crippen LogP contribution >= 0.6 is 32.9 Å². The number of unbranched alkanes of at least 4 members (excludes halogenated alkanes) is 3. The quantitative estimate of drug-likeness (QED) is 0.277. The minimum Gasteiger partial charge on any atom is -0.508 e. The first kappa shape index (κ1) is 21.5. The lowest BCUT2D eigenvalue weighted by Gasteiger charge is -2.20. The summed E-state index contributed by atoms with van der Waals surface area (Å²) >= 11 is 5.58. The van der Waals surface area contributed by atoms with Crippen LogP contribution in [0.1, 0.15) is 50.7 Å². The summed E-state index contributed by atoms with van der Waals surface area (Å²) in [6.45, 7) is 6.51. The number of aliphatic hydroxyl groups is 1. The first-order valence-electron chi connectivity index (χ1n) is 9.38. The molecule has 1 aromatic heterocycles. The van der Waals surface area contributed by atoms with E-state index in [4.69, 9.17) is 12.2 Å². The zero-order chi connectivity index (χ0) is 18.9. The largest absolute Gasteiger partial charge is 0.508 e. The smallest absolute Gasteiger partial charge is 0.120 e. The van der Waals surface area contributed by atoms with Crippen LogP contribution in [0.2, 0.25) is 0 Å². The molecule has 1 heterocycles. The Hall–Kier alpha value is -0.790. The van der Waals surface area contributed by atoms with Gasteiger partial charge in [0.1, 0.15) is 9.57 Å². The topological polar surface area (TPSA) is 43.7 Å². The fourth-order valence-corrected chi connectivity index (χ4v) is 6.02. The summed E-state index contributed by atoms with van der Waals surface area (Å²) in [4.78, 5) is 3.38. The van der Waals surface area contributed by atoms with Crippen LogP contribution in [-0.4, -0.2) is 34.8 Å².